The first-order valence-corrected chi connectivity index (χ1v) is 5.90. The van der Waals surface area contributed by atoms with Crippen LogP contribution in [0.4, 0.5) is 4.39 Å². The molecule has 0 spiro atoms. The highest BCUT2D eigenvalue weighted by atomic mass is 19.1. The van der Waals surface area contributed by atoms with Gasteiger partial charge in [-0.1, -0.05) is 18.2 Å². The van der Waals surface area contributed by atoms with Crippen molar-refractivity contribution < 1.29 is 19.1 Å². The summed E-state index contributed by atoms with van der Waals surface area (Å²) < 4.78 is 12.7. The van der Waals surface area contributed by atoms with Gasteiger partial charge in [-0.05, 0) is 30.5 Å². The van der Waals surface area contributed by atoms with Gasteiger partial charge in [0.1, 0.15) is 11.9 Å². The fourth-order valence-corrected chi connectivity index (χ4v) is 1.57. The first-order valence-electron chi connectivity index (χ1n) is 5.90. The van der Waals surface area contributed by atoms with E-state index in [1.165, 1.54) is 24.3 Å². The minimum atomic E-state index is -1.07. The normalized spacial score (nSPS) is 11.6. The summed E-state index contributed by atoms with van der Waals surface area (Å²) in [6.45, 7) is 3.51. The molecule has 102 valence electrons. The van der Waals surface area contributed by atoms with Crippen LogP contribution in [0, 0.1) is 5.82 Å². The van der Waals surface area contributed by atoms with Crippen LogP contribution in [0.1, 0.15) is 18.4 Å². The lowest BCUT2D eigenvalue weighted by Crippen LogP contribution is -2.41. The molecule has 1 aromatic carbocycles. The molecule has 0 aliphatic rings. The van der Waals surface area contributed by atoms with Crippen LogP contribution in [0.25, 0.3) is 0 Å². The summed E-state index contributed by atoms with van der Waals surface area (Å²) in [5.74, 6) is -1.85. The van der Waals surface area contributed by atoms with Gasteiger partial charge in [-0.15, -0.1) is 6.58 Å². The molecule has 19 heavy (non-hydrogen) atoms. The third-order valence-electron chi connectivity index (χ3n) is 2.57. The molecular formula is C14H16FNO3. The van der Waals surface area contributed by atoms with Gasteiger partial charge >= 0.3 is 5.97 Å². The average molecular weight is 265 g/mol. The Balaban J connectivity index is 2.54. The summed E-state index contributed by atoms with van der Waals surface area (Å²) in [4.78, 5) is 22.6. The fourth-order valence-electron chi connectivity index (χ4n) is 1.57. The van der Waals surface area contributed by atoms with Crippen LogP contribution >= 0.6 is 0 Å². The number of nitrogens with one attached hydrogen (secondary N) is 1. The number of carboxylic acid groups (broad SMARTS) is 1. The first kappa shape index (κ1) is 14.9. The van der Waals surface area contributed by atoms with Crippen molar-refractivity contribution in [1.29, 1.82) is 0 Å². The van der Waals surface area contributed by atoms with Crippen molar-refractivity contribution in [2.45, 2.75) is 25.3 Å². The number of hydrogen-bond acceptors (Lipinski definition) is 2. The van der Waals surface area contributed by atoms with Crippen LogP contribution < -0.4 is 5.32 Å². The maximum Gasteiger partial charge on any atom is 0.326 e. The van der Waals surface area contributed by atoms with E-state index in [2.05, 4.69) is 11.9 Å². The summed E-state index contributed by atoms with van der Waals surface area (Å²) >= 11 is 0. The zero-order chi connectivity index (χ0) is 14.3. The molecule has 0 saturated carbocycles. The van der Waals surface area contributed by atoms with Crippen LogP contribution in [-0.4, -0.2) is 23.0 Å². The van der Waals surface area contributed by atoms with E-state index >= 15 is 0 Å². The highest BCUT2D eigenvalue weighted by Crippen LogP contribution is 2.04. The van der Waals surface area contributed by atoms with Crippen LogP contribution in [0.3, 0.4) is 0 Å². The largest absolute Gasteiger partial charge is 0.480 e. The van der Waals surface area contributed by atoms with E-state index in [0.29, 0.717) is 18.4 Å². The Morgan fingerprint density at radius 2 is 2.00 bits per heavy atom. The number of carbonyl (C=O) groups is 2. The molecule has 0 fully saturated rings. The Morgan fingerprint density at radius 1 is 1.37 bits per heavy atom. The SMILES string of the molecule is C=CCC[C@H](NC(=O)Cc1ccc(F)cc1)C(=O)O. The predicted octanol–water partition coefficient (Wildman–Crippen LogP) is 1.90. The van der Waals surface area contributed by atoms with Crippen LogP contribution in [0.2, 0.25) is 0 Å². The molecule has 0 heterocycles. The smallest absolute Gasteiger partial charge is 0.326 e. The minimum absolute atomic E-state index is 0.0259. The first-order chi connectivity index (χ1) is 9.02. The van der Waals surface area contributed by atoms with Gasteiger partial charge in [0, 0.05) is 0 Å². The summed E-state index contributed by atoms with van der Waals surface area (Å²) in [6.07, 6.45) is 2.43. The number of allylic oxidation sites excluding steroid dienone is 1. The number of rotatable bonds is 7. The molecular weight excluding hydrogens is 249 g/mol. The third kappa shape index (κ3) is 5.33. The standard InChI is InChI=1S/C14H16FNO3/c1-2-3-4-12(14(18)19)16-13(17)9-10-5-7-11(15)8-6-10/h2,5-8,12H,1,3-4,9H2,(H,16,17)(H,18,19)/t12-/m0/s1. The van der Waals surface area contributed by atoms with E-state index in [1.54, 1.807) is 6.08 Å². The lowest BCUT2D eigenvalue weighted by molar-refractivity contribution is -0.141. The summed E-state index contributed by atoms with van der Waals surface area (Å²) in [5.41, 5.74) is 0.631. The van der Waals surface area contributed by atoms with Crippen LogP contribution in [0.5, 0.6) is 0 Å². The van der Waals surface area contributed by atoms with Crippen molar-refractivity contribution >= 4 is 11.9 Å². The molecule has 0 aliphatic heterocycles. The number of aliphatic carboxylic acids is 1. The van der Waals surface area contributed by atoms with E-state index in [0.717, 1.165) is 0 Å². The highest BCUT2D eigenvalue weighted by molar-refractivity contribution is 5.84. The Morgan fingerprint density at radius 3 is 2.53 bits per heavy atom. The number of carbonyl (C=O) groups excluding carboxylic acids is 1. The van der Waals surface area contributed by atoms with E-state index in [1.807, 2.05) is 0 Å². The molecule has 0 aliphatic carbocycles. The van der Waals surface area contributed by atoms with E-state index in [9.17, 15) is 14.0 Å². The molecule has 0 bridgehead atoms. The van der Waals surface area contributed by atoms with Gasteiger partial charge in [-0.2, -0.15) is 0 Å². The van der Waals surface area contributed by atoms with E-state index < -0.39 is 17.9 Å². The van der Waals surface area contributed by atoms with Gasteiger partial charge in [-0.25, -0.2) is 9.18 Å². The maximum absolute atomic E-state index is 12.7. The summed E-state index contributed by atoms with van der Waals surface area (Å²) in [6, 6.07) is 4.58. The quantitative estimate of drug-likeness (QED) is 0.740. The lowest BCUT2D eigenvalue weighted by atomic mass is 10.1. The fraction of sp³-hybridized carbons (Fsp3) is 0.286. The lowest BCUT2D eigenvalue weighted by Gasteiger charge is -2.13. The molecule has 0 radical (unpaired) electrons. The number of halogens is 1. The van der Waals surface area contributed by atoms with Crippen LogP contribution in [0.15, 0.2) is 36.9 Å². The molecule has 1 amide bonds. The van der Waals surface area contributed by atoms with Gasteiger partial charge < -0.3 is 10.4 Å². The highest BCUT2D eigenvalue weighted by Gasteiger charge is 2.18. The molecule has 4 nitrogen and oxygen atoms in total. The van der Waals surface area contributed by atoms with Crippen molar-refractivity contribution in [3.63, 3.8) is 0 Å². The van der Waals surface area contributed by atoms with Gasteiger partial charge in [0.25, 0.3) is 0 Å². The second kappa shape index (κ2) is 7.31. The van der Waals surface area contributed by atoms with Gasteiger partial charge in [0.15, 0.2) is 0 Å². The number of benzene rings is 1. The molecule has 1 atom stereocenters. The zero-order valence-electron chi connectivity index (χ0n) is 10.4. The molecule has 0 unspecified atom stereocenters. The molecule has 2 N–H and O–H groups in total. The summed E-state index contributed by atoms with van der Waals surface area (Å²) in [7, 11) is 0. The van der Waals surface area contributed by atoms with Crippen LogP contribution in [-0.2, 0) is 16.0 Å². The second-order valence-electron chi connectivity index (χ2n) is 4.13. The number of hydrogen-bond donors (Lipinski definition) is 2. The second-order valence-corrected chi connectivity index (χ2v) is 4.13. The van der Waals surface area contributed by atoms with Crippen molar-refractivity contribution in [1.82, 2.24) is 5.32 Å². The van der Waals surface area contributed by atoms with Gasteiger partial charge in [0.05, 0.1) is 6.42 Å². The van der Waals surface area contributed by atoms with Gasteiger partial charge in [0.2, 0.25) is 5.91 Å². The minimum Gasteiger partial charge on any atom is -0.480 e. The van der Waals surface area contributed by atoms with Crippen molar-refractivity contribution in [3.8, 4) is 0 Å². The Bertz CT molecular complexity index is 456. The Labute approximate surface area is 110 Å². The Hall–Kier alpha value is -2.17. The van der Waals surface area contributed by atoms with E-state index in [-0.39, 0.29) is 12.2 Å². The predicted molar refractivity (Wildman–Crippen MR) is 69.1 cm³/mol. The molecule has 1 rings (SSSR count). The average Bonchev–Trinajstić information content (AvgIpc) is 2.37. The van der Waals surface area contributed by atoms with Crippen molar-refractivity contribution in [2.24, 2.45) is 0 Å². The third-order valence-corrected chi connectivity index (χ3v) is 2.57. The molecule has 0 saturated heterocycles. The topological polar surface area (TPSA) is 66.4 Å². The van der Waals surface area contributed by atoms with Crippen molar-refractivity contribution in [3.05, 3.63) is 48.3 Å². The van der Waals surface area contributed by atoms with Crippen molar-refractivity contribution in [2.75, 3.05) is 0 Å². The Kier molecular flexibility index (Phi) is 5.73. The summed E-state index contributed by atoms with van der Waals surface area (Å²) in [5, 5.41) is 11.4. The van der Waals surface area contributed by atoms with Gasteiger partial charge in [-0.3, -0.25) is 4.79 Å². The molecule has 0 aromatic heterocycles. The maximum atomic E-state index is 12.7. The van der Waals surface area contributed by atoms with E-state index in [4.69, 9.17) is 5.11 Å². The number of carboxylic acids is 1. The number of amides is 1. The molecule has 1 aromatic rings. The monoisotopic (exact) mass is 265 g/mol. The molecule has 5 heteroatoms. The zero-order valence-corrected chi connectivity index (χ0v) is 10.4.